The third-order valence-corrected chi connectivity index (χ3v) is 7.92. The Hall–Kier alpha value is -2.69. The van der Waals surface area contributed by atoms with Crippen LogP contribution in [0.4, 0.5) is 5.69 Å². The average Bonchev–Trinajstić information content (AvgIpc) is 2.96. The van der Waals surface area contributed by atoms with Crippen molar-refractivity contribution in [2.45, 2.75) is 43.4 Å². The van der Waals surface area contributed by atoms with Gasteiger partial charge in [0.2, 0.25) is 10.0 Å². The van der Waals surface area contributed by atoms with E-state index in [0.717, 1.165) is 11.1 Å². The summed E-state index contributed by atoms with van der Waals surface area (Å²) < 4.78 is 51.3. The Bertz CT molecular complexity index is 1430. The molecule has 31 heavy (non-hydrogen) atoms. The zero-order valence-corrected chi connectivity index (χ0v) is 18.9. The number of fused-ring (bicyclic) bond motifs is 3. The maximum Gasteiger partial charge on any atom is 0.262 e. The lowest BCUT2D eigenvalue weighted by molar-refractivity contribution is 0.0913. The molecular weight excluding hydrogens is 438 g/mol. The Kier molecular flexibility index (Phi) is 4.80. The monoisotopic (exact) mass is 461 g/mol. The zero-order valence-electron chi connectivity index (χ0n) is 17.3. The molecule has 3 aromatic rings. The predicted molar refractivity (Wildman–Crippen MR) is 118 cm³/mol. The van der Waals surface area contributed by atoms with E-state index in [1.807, 2.05) is 13.8 Å². The summed E-state index contributed by atoms with van der Waals surface area (Å²) in [5.41, 5.74) is 2.62. The van der Waals surface area contributed by atoms with Crippen LogP contribution >= 0.6 is 0 Å². The summed E-state index contributed by atoms with van der Waals surface area (Å²) in [4.78, 5) is 15.9. The van der Waals surface area contributed by atoms with E-state index in [1.165, 1.54) is 30.3 Å². The fourth-order valence-corrected chi connectivity index (χ4v) is 5.94. The van der Waals surface area contributed by atoms with Crippen molar-refractivity contribution < 1.29 is 21.6 Å². The molecule has 0 unspecified atom stereocenters. The van der Waals surface area contributed by atoms with Gasteiger partial charge < -0.3 is 4.98 Å². The first-order valence-corrected chi connectivity index (χ1v) is 12.6. The van der Waals surface area contributed by atoms with Crippen LogP contribution in [0.1, 0.15) is 41.9 Å². The lowest BCUT2D eigenvalue weighted by atomic mass is 9.76. The summed E-state index contributed by atoms with van der Waals surface area (Å²) in [7, 11) is -7.83. The number of aromatic amines is 1. The quantitative estimate of drug-likeness (QED) is 0.548. The van der Waals surface area contributed by atoms with Crippen molar-refractivity contribution in [2.75, 3.05) is 4.72 Å². The first kappa shape index (κ1) is 21.5. The van der Waals surface area contributed by atoms with E-state index in [9.17, 15) is 21.6 Å². The van der Waals surface area contributed by atoms with Crippen LogP contribution in [0.15, 0.2) is 46.2 Å². The summed E-state index contributed by atoms with van der Waals surface area (Å²) in [5, 5.41) is 5.80. The molecule has 1 aliphatic carbocycles. The normalized spacial score (nSPS) is 16.3. The molecule has 0 bridgehead atoms. The van der Waals surface area contributed by atoms with Crippen LogP contribution in [-0.4, -0.2) is 27.6 Å². The van der Waals surface area contributed by atoms with Gasteiger partial charge in [0.25, 0.3) is 10.0 Å². The molecule has 4 rings (SSSR count). The second kappa shape index (κ2) is 6.91. The van der Waals surface area contributed by atoms with E-state index >= 15 is 0 Å². The average molecular weight is 462 g/mol. The van der Waals surface area contributed by atoms with Crippen LogP contribution in [0, 0.1) is 12.3 Å². The van der Waals surface area contributed by atoms with Crippen molar-refractivity contribution in [3.8, 4) is 0 Å². The van der Waals surface area contributed by atoms with Crippen molar-refractivity contribution in [1.29, 1.82) is 0 Å². The third-order valence-electron chi connectivity index (χ3n) is 5.47. The molecule has 0 radical (unpaired) electrons. The molecule has 0 spiro atoms. The highest BCUT2D eigenvalue weighted by atomic mass is 32.2. The van der Waals surface area contributed by atoms with E-state index in [4.69, 9.17) is 5.14 Å². The maximum absolute atomic E-state index is 13.0. The van der Waals surface area contributed by atoms with Crippen LogP contribution in [0.3, 0.4) is 0 Å². The Morgan fingerprint density at radius 1 is 1.03 bits per heavy atom. The number of nitrogens with two attached hydrogens (primary N) is 1. The standard InChI is InChI=1S/C21H23N3O5S2/c1-12-8-15-16(23-17-10-21(2,3)11-18(25)20(15)17)9-19(12)31(28,29)24-13-4-6-14(7-5-13)30(22,26)27/h4-9,23-24H,10-11H2,1-3H3,(H2,22,26,27). The molecule has 4 N–H and O–H groups in total. The van der Waals surface area contributed by atoms with Crippen LogP contribution in [0.5, 0.6) is 0 Å². The summed E-state index contributed by atoms with van der Waals surface area (Å²) in [6, 6.07) is 8.38. The van der Waals surface area contributed by atoms with Gasteiger partial charge in [-0.05, 0) is 60.7 Å². The van der Waals surface area contributed by atoms with Gasteiger partial charge in [-0.2, -0.15) is 0 Å². The van der Waals surface area contributed by atoms with E-state index in [0.29, 0.717) is 29.5 Å². The van der Waals surface area contributed by atoms with Crippen molar-refractivity contribution in [2.24, 2.45) is 10.6 Å². The van der Waals surface area contributed by atoms with Gasteiger partial charge >= 0.3 is 0 Å². The zero-order chi connectivity index (χ0) is 22.8. The second-order valence-corrected chi connectivity index (χ2v) is 12.0. The molecule has 0 saturated heterocycles. The minimum atomic E-state index is -3.96. The van der Waals surface area contributed by atoms with Gasteiger partial charge in [0.1, 0.15) is 0 Å². The van der Waals surface area contributed by atoms with Gasteiger partial charge in [-0.15, -0.1) is 0 Å². The number of rotatable bonds is 4. The molecule has 2 aromatic carbocycles. The number of aromatic nitrogens is 1. The topological polar surface area (TPSA) is 139 Å². The Morgan fingerprint density at radius 2 is 1.68 bits per heavy atom. The molecule has 0 aliphatic heterocycles. The summed E-state index contributed by atoms with van der Waals surface area (Å²) in [6.45, 7) is 5.74. The van der Waals surface area contributed by atoms with Crippen LogP contribution in [0.25, 0.3) is 10.9 Å². The first-order chi connectivity index (χ1) is 14.3. The molecule has 10 heteroatoms. The molecule has 1 aliphatic rings. The highest BCUT2D eigenvalue weighted by Gasteiger charge is 2.34. The van der Waals surface area contributed by atoms with Crippen molar-refractivity contribution in [3.63, 3.8) is 0 Å². The van der Waals surface area contributed by atoms with E-state index in [2.05, 4.69) is 9.71 Å². The number of aryl methyl sites for hydroxylation is 1. The van der Waals surface area contributed by atoms with Gasteiger partial charge in [0, 0.05) is 34.3 Å². The molecule has 1 aromatic heterocycles. The van der Waals surface area contributed by atoms with Crippen LogP contribution < -0.4 is 9.86 Å². The molecular formula is C21H23N3O5S2. The lowest BCUT2D eigenvalue weighted by Gasteiger charge is -2.28. The second-order valence-electron chi connectivity index (χ2n) is 8.76. The molecule has 0 atom stereocenters. The molecule has 0 fully saturated rings. The number of benzene rings is 2. The number of Topliss-reactive ketones (excluding diaryl/α,β-unsaturated/α-hetero) is 1. The van der Waals surface area contributed by atoms with Crippen molar-refractivity contribution in [3.05, 3.63) is 53.2 Å². The molecule has 1 heterocycles. The summed E-state index contributed by atoms with van der Waals surface area (Å²) >= 11 is 0. The smallest absolute Gasteiger partial charge is 0.262 e. The van der Waals surface area contributed by atoms with Gasteiger partial charge in [0.05, 0.1) is 9.79 Å². The minimum absolute atomic E-state index is 0.0561. The number of sulfonamides is 2. The Morgan fingerprint density at radius 3 is 2.29 bits per heavy atom. The molecule has 0 amide bonds. The highest BCUT2D eigenvalue weighted by molar-refractivity contribution is 7.92. The SMILES string of the molecule is Cc1cc2c3c([nH]c2cc1S(=O)(=O)Nc1ccc(S(N)(=O)=O)cc1)CC(C)(C)CC3=O. The number of H-pyrrole nitrogens is 1. The van der Waals surface area contributed by atoms with Gasteiger partial charge in [0.15, 0.2) is 5.78 Å². The summed E-state index contributed by atoms with van der Waals surface area (Å²) in [6.07, 6.45) is 1.15. The maximum atomic E-state index is 13.0. The number of carbonyl (C=O) groups excluding carboxylic acids is 1. The minimum Gasteiger partial charge on any atom is -0.358 e. The number of hydrogen-bond acceptors (Lipinski definition) is 5. The number of primary sulfonamides is 1. The lowest BCUT2D eigenvalue weighted by Crippen LogP contribution is -2.26. The van der Waals surface area contributed by atoms with Gasteiger partial charge in [-0.25, -0.2) is 22.0 Å². The van der Waals surface area contributed by atoms with Gasteiger partial charge in [-0.3, -0.25) is 9.52 Å². The van der Waals surface area contributed by atoms with Crippen LogP contribution in [0.2, 0.25) is 0 Å². The largest absolute Gasteiger partial charge is 0.358 e. The predicted octanol–water partition coefficient (Wildman–Crippen LogP) is 3.08. The number of hydrogen-bond donors (Lipinski definition) is 3. The van der Waals surface area contributed by atoms with E-state index < -0.39 is 20.0 Å². The molecule has 164 valence electrons. The number of nitrogens with one attached hydrogen (secondary N) is 2. The van der Waals surface area contributed by atoms with Crippen molar-refractivity contribution in [1.82, 2.24) is 4.98 Å². The van der Waals surface area contributed by atoms with E-state index in [-0.39, 0.29) is 26.7 Å². The van der Waals surface area contributed by atoms with Crippen LogP contribution in [-0.2, 0) is 26.5 Å². The van der Waals surface area contributed by atoms with Crippen molar-refractivity contribution >= 4 is 42.4 Å². The Balaban J connectivity index is 1.74. The fourth-order valence-electron chi connectivity index (χ4n) is 4.11. The number of carbonyl (C=O) groups is 1. The summed E-state index contributed by atoms with van der Waals surface area (Å²) in [5.74, 6) is 0.0561. The third kappa shape index (κ3) is 3.98. The molecule has 0 saturated carbocycles. The van der Waals surface area contributed by atoms with Gasteiger partial charge in [-0.1, -0.05) is 13.8 Å². The molecule has 8 nitrogen and oxygen atoms in total. The van der Waals surface area contributed by atoms with E-state index in [1.54, 1.807) is 13.0 Å². The first-order valence-electron chi connectivity index (χ1n) is 9.61. The number of anilines is 1. The highest BCUT2D eigenvalue weighted by Crippen LogP contribution is 2.39. The number of ketones is 1. The Labute approximate surface area is 181 Å². The fraction of sp³-hybridized carbons (Fsp3) is 0.286.